The van der Waals surface area contributed by atoms with E-state index in [1.54, 1.807) is 0 Å². The van der Waals surface area contributed by atoms with Gasteiger partial charge >= 0.3 is 0 Å². The van der Waals surface area contributed by atoms with Gasteiger partial charge in [-0.3, -0.25) is 0 Å². The van der Waals surface area contributed by atoms with Crippen LogP contribution in [0, 0.1) is 11.6 Å². The number of anilines is 1. The molecule has 0 amide bonds. The highest BCUT2D eigenvalue weighted by Crippen LogP contribution is 2.30. The maximum absolute atomic E-state index is 13.5. The lowest BCUT2D eigenvalue weighted by molar-refractivity contribution is 0.580. The van der Waals surface area contributed by atoms with Gasteiger partial charge in [0.05, 0.1) is 5.69 Å². The molecule has 0 radical (unpaired) electrons. The van der Waals surface area contributed by atoms with Crippen molar-refractivity contribution in [1.82, 2.24) is 0 Å². The van der Waals surface area contributed by atoms with Crippen LogP contribution >= 0.6 is 15.9 Å². The topological polar surface area (TPSA) is 38.0 Å². The second kappa shape index (κ2) is 4.67. The molecule has 0 spiro atoms. The Hall–Kier alpha value is -0.680. The zero-order valence-electron chi connectivity index (χ0n) is 8.64. The molecule has 2 rings (SSSR count). The molecule has 0 saturated heterocycles. The molecule has 0 heterocycles. The molecule has 0 bridgehead atoms. The van der Waals surface area contributed by atoms with E-state index >= 15 is 0 Å². The average molecular weight is 291 g/mol. The standard InChI is InChI=1S/C11H13BrF2N2/c12-9-3-6(13)4-10(14)11(9)16-8-2-1-7(15)5-8/h3-4,7-8,16H,1-2,5,15H2. The maximum Gasteiger partial charge on any atom is 0.150 e. The molecule has 2 nitrogen and oxygen atoms in total. The van der Waals surface area contributed by atoms with Crippen molar-refractivity contribution in [3.8, 4) is 0 Å². The summed E-state index contributed by atoms with van der Waals surface area (Å²) in [7, 11) is 0. The van der Waals surface area contributed by atoms with Crippen molar-refractivity contribution in [3.63, 3.8) is 0 Å². The van der Waals surface area contributed by atoms with E-state index in [4.69, 9.17) is 5.73 Å². The second-order valence-electron chi connectivity index (χ2n) is 4.16. The molecule has 1 fully saturated rings. The van der Waals surface area contributed by atoms with Crippen LogP contribution in [0.15, 0.2) is 16.6 Å². The average Bonchev–Trinajstić information content (AvgIpc) is 2.58. The van der Waals surface area contributed by atoms with Gasteiger partial charge < -0.3 is 11.1 Å². The fourth-order valence-electron chi connectivity index (χ4n) is 2.03. The van der Waals surface area contributed by atoms with Crippen molar-refractivity contribution in [1.29, 1.82) is 0 Å². The summed E-state index contributed by atoms with van der Waals surface area (Å²) in [4.78, 5) is 0. The fraction of sp³-hybridized carbons (Fsp3) is 0.455. The molecule has 5 heteroatoms. The van der Waals surface area contributed by atoms with Crippen molar-refractivity contribution in [2.45, 2.75) is 31.3 Å². The summed E-state index contributed by atoms with van der Waals surface area (Å²) >= 11 is 3.15. The van der Waals surface area contributed by atoms with Crippen molar-refractivity contribution in [2.24, 2.45) is 5.73 Å². The van der Waals surface area contributed by atoms with Gasteiger partial charge in [-0.05, 0) is 41.3 Å². The van der Waals surface area contributed by atoms with Crippen molar-refractivity contribution >= 4 is 21.6 Å². The first-order valence-corrected chi connectivity index (χ1v) is 6.02. The van der Waals surface area contributed by atoms with E-state index in [1.165, 1.54) is 6.07 Å². The highest BCUT2D eigenvalue weighted by Gasteiger charge is 2.23. The minimum absolute atomic E-state index is 0.172. The Balaban J connectivity index is 2.15. The highest BCUT2D eigenvalue weighted by atomic mass is 79.9. The summed E-state index contributed by atoms with van der Waals surface area (Å²) in [5.74, 6) is -1.16. The molecular weight excluding hydrogens is 278 g/mol. The Bertz CT molecular complexity index is 375. The molecule has 88 valence electrons. The Morgan fingerprint density at radius 3 is 2.62 bits per heavy atom. The Kier molecular flexibility index (Phi) is 3.44. The summed E-state index contributed by atoms with van der Waals surface area (Å²) < 4.78 is 26.8. The molecule has 1 aliphatic rings. The predicted molar refractivity (Wildman–Crippen MR) is 63.3 cm³/mol. The SMILES string of the molecule is NC1CCC(Nc2c(F)cc(F)cc2Br)C1. The normalized spacial score (nSPS) is 24.8. The van der Waals surface area contributed by atoms with Gasteiger partial charge in [-0.25, -0.2) is 8.78 Å². The second-order valence-corrected chi connectivity index (χ2v) is 5.01. The third kappa shape index (κ3) is 2.52. The molecule has 16 heavy (non-hydrogen) atoms. The van der Waals surface area contributed by atoms with Crippen LogP contribution in [0.4, 0.5) is 14.5 Å². The molecule has 1 aliphatic carbocycles. The van der Waals surface area contributed by atoms with Crippen LogP contribution in [0.1, 0.15) is 19.3 Å². The molecule has 2 atom stereocenters. The smallest absolute Gasteiger partial charge is 0.150 e. The minimum atomic E-state index is -0.585. The largest absolute Gasteiger partial charge is 0.379 e. The quantitative estimate of drug-likeness (QED) is 0.879. The van der Waals surface area contributed by atoms with E-state index in [0.717, 1.165) is 25.3 Å². The third-order valence-corrected chi connectivity index (χ3v) is 3.45. The van der Waals surface area contributed by atoms with E-state index in [9.17, 15) is 8.78 Å². The van der Waals surface area contributed by atoms with Gasteiger partial charge in [-0.1, -0.05) is 0 Å². The number of hydrogen-bond acceptors (Lipinski definition) is 2. The van der Waals surface area contributed by atoms with Gasteiger partial charge in [0.15, 0.2) is 0 Å². The highest BCUT2D eigenvalue weighted by molar-refractivity contribution is 9.10. The van der Waals surface area contributed by atoms with E-state index in [-0.39, 0.29) is 12.1 Å². The van der Waals surface area contributed by atoms with E-state index in [0.29, 0.717) is 10.2 Å². The number of benzene rings is 1. The van der Waals surface area contributed by atoms with Crippen LogP contribution in [-0.4, -0.2) is 12.1 Å². The number of rotatable bonds is 2. The zero-order chi connectivity index (χ0) is 11.7. The van der Waals surface area contributed by atoms with E-state index in [2.05, 4.69) is 21.2 Å². The lowest BCUT2D eigenvalue weighted by Gasteiger charge is -2.16. The van der Waals surface area contributed by atoms with Crippen molar-refractivity contribution in [2.75, 3.05) is 5.32 Å². The minimum Gasteiger partial charge on any atom is -0.379 e. The summed E-state index contributed by atoms with van der Waals surface area (Å²) in [6, 6.07) is 2.48. The summed E-state index contributed by atoms with van der Waals surface area (Å²) in [6.45, 7) is 0. The molecule has 2 unspecified atom stereocenters. The van der Waals surface area contributed by atoms with Crippen molar-refractivity contribution in [3.05, 3.63) is 28.2 Å². The van der Waals surface area contributed by atoms with Gasteiger partial charge in [0, 0.05) is 22.6 Å². The number of nitrogens with two attached hydrogens (primary N) is 1. The van der Waals surface area contributed by atoms with Crippen molar-refractivity contribution < 1.29 is 8.78 Å². The van der Waals surface area contributed by atoms with E-state index in [1.807, 2.05) is 0 Å². The molecule has 0 aliphatic heterocycles. The van der Waals surface area contributed by atoms with Gasteiger partial charge in [-0.15, -0.1) is 0 Å². The van der Waals surface area contributed by atoms with Crippen LogP contribution < -0.4 is 11.1 Å². The molecule has 1 aromatic rings. The molecule has 3 N–H and O–H groups in total. The lowest BCUT2D eigenvalue weighted by atomic mass is 10.2. The molecule has 1 aromatic carbocycles. The summed E-state index contributed by atoms with van der Waals surface area (Å²) in [6.07, 6.45) is 2.69. The van der Waals surface area contributed by atoms with Crippen LogP contribution in [-0.2, 0) is 0 Å². The van der Waals surface area contributed by atoms with Crippen LogP contribution in [0.2, 0.25) is 0 Å². The first-order chi connectivity index (χ1) is 7.56. The van der Waals surface area contributed by atoms with Gasteiger partial charge in [0.25, 0.3) is 0 Å². The Morgan fingerprint density at radius 1 is 1.31 bits per heavy atom. The Morgan fingerprint density at radius 2 is 2.06 bits per heavy atom. The lowest BCUT2D eigenvalue weighted by Crippen LogP contribution is -2.21. The maximum atomic E-state index is 13.5. The predicted octanol–water partition coefficient (Wildman–Crippen LogP) is 3.02. The third-order valence-electron chi connectivity index (χ3n) is 2.83. The summed E-state index contributed by atoms with van der Waals surface area (Å²) in [5.41, 5.74) is 6.09. The molecular formula is C11H13BrF2N2. The number of hydrogen-bond donors (Lipinski definition) is 2. The molecule has 0 aromatic heterocycles. The number of nitrogens with one attached hydrogen (secondary N) is 1. The van der Waals surface area contributed by atoms with Crippen LogP contribution in [0.5, 0.6) is 0 Å². The Labute approximate surface area is 101 Å². The summed E-state index contributed by atoms with van der Waals surface area (Å²) in [5, 5.41) is 3.07. The fourth-order valence-corrected chi connectivity index (χ4v) is 2.55. The monoisotopic (exact) mass is 290 g/mol. The van der Waals surface area contributed by atoms with Crippen LogP contribution in [0.3, 0.4) is 0 Å². The first-order valence-electron chi connectivity index (χ1n) is 5.23. The van der Waals surface area contributed by atoms with E-state index < -0.39 is 11.6 Å². The van der Waals surface area contributed by atoms with Gasteiger partial charge in [-0.2, -0.15) is 0 Å². The zero-order valence-corrected chi connectivity index (χ0v) is 10.2. The first kappa shape index (κ1) is 11.8. The number of halogens is 3. The molecule has 1 saturated carbocycles. The van der Waals surface area contributed by atoms with Gasteiger partial charge in [0.2, 0.25) is 0 Å². The van der Waals surface area contributed by atoms with Gasteiger partial charge in [0.1, 0.15) is 11.6 Å². The van der Waals surface area contributed by atoms with Crippen LogP contribution in [0.25, 0.3) is 0 Å².